The monoisotopic (exact) mass is 309 g/mol. The third-order valence-corrected chi connectivity index (χ3v) is 3.23. The van der Waals surface area contributed by atoms with Gasteiger partial charge >= 0.3 is 0 Å². The maximum absolute atomic E-state index is 13.1. The number of nitrogens with zero attached hydrogens (tertiary/aromatic N) is 2. The highest BCUT2D eigenvalue weighted by molar-refractivity contribution is 5.94. The summed E-state index contributed by atoms with van der Waals surface area (Å²) >= 11 is 0. The van der Waals surface area contributed by atoms with Crippen molar-refractivity contribution in [3.63, 3.8) is 0 Å². The molecule has 0 aliphatic rings. The van der Waals surface area contributed by atoms with Crippen LogP contribution in [0, 0.1) is 5.82 Å². The fraction of sp³-hybridized carbons (Fsp3) is 0.500. The molecule has 1 rings (SSSR count). The second-order valence-electron chi connectivity index (χ2n) is 5.43. The van der Waals surface area contributed by atoms with E-state index in [4.69, 9.17) is 0 Å². The molecular weight excluding hydrogens is 285 g/mol. The van der Waals surface area contributed by atoms with Gasteiger partial charge in [0, 0.05) is 32.1 Å². The summed E-state index contributed by atoms with van der Waals surface area (Å²) in [6, 6.07) is 5.53. The van der Waals surface area contributed by atoms with Gasteiger partial charge in [-0.1, -0.05) is 6.07 Å². The molecule has 1 aromatic rings. The number of halogens is 1. The summed E-state index contributed by atoms with van der Waals surface area (Å²) in [5, 5.41) is 2.70. The first-order valence-corrected chi connectivity index (χ1v) is 7.34. The smallest absolute Gasteiger partial charge is 0.251 e. The Morgan fingerprint density at radius 3 is 2.50 bits per heavy atom. The molecule has 0 spiro atoms. The van der Waals surface area contributed by atoms with Crippen molar-refractivity contribution >= 4 is 11.8 Å². The van der Waals surface area contributed by atoms with Gasteiger partial charge in [-0.15, -0.1) is 0 Å². The summed E-state index contributed by atoms with van der Waals surface area (Å²) in [6.45, 7) is 3.87. The molecule has 0 aromatic heterocycles. The fourth-order valence-corrected chi connectivity index (χ4v) is 2.04. The van der Waals surface area contributed by atoms with Gasteiger partial charge in [0.15, 0.2) is 0 Å². The quantitative estimate of drug-likeness (QED) is 0.789. The molecule has 22 heavy (non-hydrogen) atoms. The minimum Gasteiger partial charge on any atom is -0.350 e. The van der Waals surface area contributed by atoms with E-state index in [-0.39, 0.29) is 17.4 Å². The molecule has 0 atom stereocenters. The van der Waals surface area contributed by atoms with Gasteiger partial charge in [-0.2, -0.15) is 0 Å². The van der Waals surface area contributed by atoms with Gasteiger partial charge in [-0.25, -0.2) is 4.39 Å². The summed E-state index contributed by atoms with van der Waals surface area (Å²) in [6.07, 6.45) is 0.879. The number of carbonyl (C=O) groups is 2. The lowest BCUT2D eigenvalue weighted by molar-refractivity contribution is -0.128. The maximum atomic E-state index is 13.1. The zero-order chi connectivity index (χ0) is 16.5. The molecule has 1 aromatic carbocycles. The highest BCUT2D eigenvalue weighted by Gasteiger charge is 2.10. The van der Waals surface area contributed by atoms with Gasteiger partial charge in [-0.3, -0.25) is 9.59 Å². The molecule has 6 heteroatoms. The van der Waals surface area contributed by atoms with Crippen molar-refractivity contribution in [1.82, 2.24) is 15.1 Å². The van der Waals surface area contributed by atoms with Crippen LogP contribution in [0.25, 0.3) is 0 Å². The number of rotatable bonds is 8. The van der Waals surface area contributed by atoms with E-state index >= 15 is 0 Å². The number of hydrogen-bond donors (Lipinski definition) is 1. The summed E-state index contributed by atoms with van der Waals surface area (Å²) in [4.78, 5) is 27.2. The van der Waals surface area contributed by atoms with Gasteiger partial charge in [0.25, 0.3) is 5.91 Å². The molecule has 0 aliphatic carbocycles. The molecule has 122 valence electrons. The second kappa shape index (κ2) is 9.15. The largest absolute Gasteiger partial charge is 0.350 e. The average molecular weight is 309 g/mol. The van der Waals surface area contributed by atoms with Gasteiger partial charge in [0.1, 0.15) is 5.82 Å². The highest BCUT2D eigenvalue weighted by atomic mass is 19.1. The van der Waals surface area contributed by atoms with Crippen molar-refractivity contribution in [2.45, 2.75) is 13.3 Å². The summed E-state index contributed by atoms with van der Waals surface area (Å²) in [5.41, 5.74) is 0.280. The third kappa shape index (κ3) is 6.67. The van der Waals surface area contributed by atoms with E-state index in [0.717, 1.165) is 13.0 Å². The third-order valence-electron chi connectivity index (χ3n) is 3.23. The lowest BCUT2D eigenvalue weighted by atomic mass is 10.2. The van der Waals surface area contributed by atoms with Crippen molar-refractivity contribution in [1.29, 1.82) is 0 Å². The van der Waals surface area contributed by atoms with Gasteiger partial charge in [-0.05, 0) is 45.3 Å². The Kier molecular flexibility index (Phi) is 7.52. The van der Waals surface area contributed by atoms with Crippen LogP contribution >= 0.6 is 0 Å². The van der Waals surface area contributed by atoms with Gasteiger partial charge in [0.2, 0.25) is 5.91 Å². The SMILES string of the molecule is CC(=O)N(CCCN(C)C)CCNC(=O)c1cccc(F)c1. The number of hydrogen-bond acceptors (Lipinski definition) is 3. The molecule has 1 N–H and O–H groups in total. The number of benzene rings is 1. The van der Waals surface area contributed by atoms with Crippen LogP contribution in [-0.4, -0.2) is 61.9 Å². The number of carbonyl (C=O) groups excluding carboxylic acids is 2. The van der Waals surface area contributed by atoms with Gasteiger partial charge in [0.05, 0.1) is 0 Å². The Bertz CT molecular complexity index is 506. The summed E-state index contributed by atoms with van der Waals surface area (Å²) in [5.74, 6) is -0.795. The molecule has 0 saturated heterocycles. The van der Waals surface area contributed by atoms with Gasteiger partial charge < -0.3 is 15.1 Å². The lowest BCUT2D eigenvalue weighted by Gasteiger charge is -2.22. The van der Waals surface area contributed by atoms with Crippen LogP contribution in [0.1, 0.15) is 23.7 Å². The molecule has 2 amide bonds. The Morgan fingerprint density at radius 2 is 1.91 bits per heavy atom. The van der Waals surface area contributed by atoms with E-state index in [9.17, 15) is 14.0 Å². The molecule has 0 saturated carbocycles. The predicted octanol–water partition coefficient (Wildman–Crippen LogP) is 1.36. The lowest BCUT2D eigenvalue weighted by Crippen LogP contribution is -2.38. The first-order valence-electron chi connectivity index (χ1n) is 7.34. The van der Waals surface area contributed by atoms with Crippen molar-refractivity contribution < 1.29 is 14.0 Å². The van der Waals surface area contributed by atoms with Crippen LogP contribution in [0.15, 0.2) is 24.3 Å². The normalized spacial score (nSPS) is 10.6. The topological polar surface area (TPSA) is 52.7 Å². The first-order chi connectivity index (χ1) is 10.4. The molecule has 0 unspecified atom stereocenters. The van der Waals surface area contributed by atoms with Crippen LogP contribution < -0.4 is 5.32 Å². The van der Waals surface area contributed by atoms with Crippen molar-refractivity contribution in [3.8, 4) is 0 Å². The van der Waals surface area contributed by atoms with E-state index in [1.165, 1.54) is 25.1 Å². The van der Waals surface area contributed by atoms with E-state index in [1.807, 2.05) is 14.1 Å². The highest BCUT2D eigenvalue weighted by Crippen LogP contribution is 2.03. The molecule has 5 nitrogen and oxygen atoms in total. The fourth-order valence-electron chi connectivity index (χ4n) is 2.04. The van der Waals surface area contributed by atoms with Crippen molar-refractivity contribution in [2.24, 2.45) is 0 Å². The van der Waals surface area contributed by atoms with Crippen LogP contribution in [0.3, 0.4) is 0 Å². The summed E-state index contributed by atoms with van der Waals surface area (Å²) in [7, 11) is 3.97. The average Bonchev–Trinajstić information content (AvgIpc) is 2.44. The molecule has 0 aliphatic heterocycles. The van der Waals surface area contributed by atoms with Crippen LogP contribution in [0.5, 0.6) is 0 Å². The molecule has 0 fully saturated rings. The van der Waals surface area contributed by atoms with E-state index in [0.29, 0.717) is 19.6 Å². The van der Waals surface area contributed by atoms with Crippen LogP contribution in [-0.2, 0) is 4.79 Å². The second-order valence-corrected chi connectivity index (χ2v) is 5.43. The van der Waals surface area contributed by atoms with Crippen LogP contribution in [0.2, 0.25) is 0 Å². The number of amides is 2. The maximum Gasteiger partial charge on any atom is 0.251 e. The molecule has 0 radical (unpaired) electrons. The van der Waals surface area contributed by atoms with E-state index < -0.39 is 5.82 Å². The van der Waals surface area contributed by atoms with Crippen molar-refractivity contribution in [2.75, 3.05) is 40.3 Å². The standard InChI is InChI=1S/C16H24FN3O2/c1-13(21)20(10-5-9-19(2)3)11-8-18-16(22)14-6-4-7-15(17)12-14/h4,6-7,12H,5,8-11H2,1-3H3,(H,18,22). The predicted molar refractivity (Wildman–Crippen MR) is 84.2 cm³/mol. The Hall–Kier alpha value is -1.95. The molecule has 0 bridgehead atoms. The molecular formula is C16H24FN3O2. The van der Waals surface area contributed by atoms with Crippen molar-refractivity contribution in [3.05, 3.63) is 35.6 Å². The summed E-state index contributed by atoms with van der Waals surface area (Å²) < 4.78 is 13.1. The molecule has 0 heterocycles. The minimum atomic E-state index is -0.443. The Balaban J connectivity index is 2.39. The van der Waals surface area contributed by atoms with Crippen LogP contribution in [0.4, 0.5) is 4.39 Å². The zero-order valence-corrected chi connectivity index (χ0v) is 13.4. The van der Waals surface area contributed by atoms with E-state index in [1.54, 1.807) is 11.0 Å². The Labute approximate surface area is 131 Å². The first kappa shape index (κ1) is 18.1. The minimum absolute atomic E-state index is 0.0150. The number of nitrogens with one attached hydrogen (secondary N) is 1. The zero-order valence-electron chi connectivity index (χ0n) is 13.4. The van der Waals surface area contributed by atoms with E-state index in [2.05, 4.69) is 10.2 Å². The Morgan fingerprint density at radius 1 is 1.18 bits per heavy atom.